The van der Waals surface area contributed by atoms with Gasteiger partial charge in [-0.15, -0.1) is 0 Å². The molecule has 0 fully saturated rings. The summed E-state index contributed by atoms with van der Waals surface area (Å²) < 4.78 is 0. The number of rotatable bonds is 2. The second-order valence-corrected chi connectivity index (χ2v) is 2.38. The maximum Gasteiger partial charge on any atom is 0.419 e. The summed E-state index contributed by atoms with van der Waals surface area (Å²) in [5, 5.41) is 8.57. The molecule has 13 heavy (non-hydrogen) atoms. The van der Waals surface area contributed by atoms with Crippen molar-refractivity contribution < 1.29 is 14.7 Å². The van der Waals surface area contributed by atoms with Gasteiger partial charge in [0.15, 0.2) is 0 Å². The normalized spacial score (nSPS) is 8.92. The highest BCUT2D eigenvalue weighted by molar-refractivity contribution is 6.40. The van der Waals surface area contributed by atoms with Gasteiger partial charge in [-0.05, 0) is 24.3 Å². The van der Waals surface area contributed by atoms with E-state index in [-0.39, 0.29) is 0 Å². The molecule has 0 aliphatic heterocycles. The standard InChI is InChI=1S/C8H7N3O2/c9-6-3-1-5(2-4-6)7(11-10)8(12)13/h1-4H,9H2,(H,12,13). The molecule has 0 amide bonds. The Morgan fingerprint density at radius 1 is 1.38 bits per heavy atom. The summed E-state index contributed by atoms with van der Waals surface area (Å²) in [6, 6.07) is 6.00. The zero-order valence-corrected chi connectivity index (χ0v) is 6.64. The van der Waals surface area contributed by atoms with Crippen molar-refractivity contribution in [2.24, 2.45) is 0 Å². The minimum atomic E-state index is -1.28. The highest BCUT2D eigenvalue weighted by atomic mass is 16.4. The van der Waals surface area contributed by atoms with Crippen molar-refractivity contribution in [2.75, 3.05) is 5.73 Å². The van der Waals surface area contributed by atoms with Gasteiger partial charge in [-0.25, -0.2) is 4.79 Å². The van der Waals surface area contributed by atoms with Crippen LogP contribution in [0.4, 0.5) is 5.69 Å². The van der Waals surface area contributed by atoms with Gasteiger partial charge in [0.05, 0.1) is 5.56 Å². The fourth-order valence-corrected chi connectivity index (χ4v) is 0.865. The molecular formula is C8H7N3O2. The van der Waals surface area contributed by atoms with E-state index < -0.39 is 11.7 Å². The lowest BCUT2D eigenvalue weighted by Crippen LogP contribution is -2.15. The van der Waals surface area contributed by atoms with Gasteiger partial charge in [0.25, 0.3) is 0 Å². The van der Waals surface area contributed by atoms with Crippen LogP contribution in [-0.4, -0.2) is 21.6 Å². The molecule has 3 N–H and O–H groups in total. The van der Waals surface area contributed by atoms with Crippen LogP contribution in [0.2, 0.25) is 0 Å². The van der Waals surface area contributed by atoms with Crippen LogP contribution in [0.15, 0.2) is 24.3 Å². The Hall–Kier alpha value is -2.13. The number of nitrogens with two attached hydrogens (primary N) is 1. The minimum Gasteiger partial charge on any atom is -0.472 e. The van der Waals surface area contributed by atoms with Crippen molar-refractivity contribution in [1.29, 1.82) is 0 Å². The van der Waals surface area contributed by atoms with Gasteiger partial charge < -0.3 is 16.4 Å². The second kappa shape index (κ2) is 3.51. The number of anilines is 1. The maximum atomic E-state index is 10.5. The van der Waals surface area contributed by atoms with Gasteiger partial charge in [-0.2, -0.15) is 4.79 Å². The third-order valence-corrected chi connectivity index (χ3v) is 1.49. The lowest BCUT2D eigenvalue weighted by atomic mass is 10.1. The van der Waals surface area contributed by atoms with Gasteiger partial charge in [0.1, 0.15) is 0 Å². The molecule has 0 saturated heterocycles. The monoisotopic (exact) mass is 177 g/mol. The van der Waals surface area contributed by atoms with Gasteiger partial charge in [0.2, 0.25) is 0 Å². The van der Waals surface area contributed by atoms with Crippen LogP contribution in [0.1, 0.15) is 5.56 Å². The third kappa shape index (κ3) is 1.91. The summed E-state index contributed by atoms with van der Waals surface area (Å²) in [5.41, 5.74) is 14.2. The van der Waals surface area contributed by atoms with E-state index in [0.717, 1.165) is 0 Å². The number of nitrogens with zero attached hydrogens (tertiary/aromatic N) is 2. The largest absolute Gasteiger partial charge is 0.472 e. The van der Waals surface area contributed by atoms with Crippen LogP contribution in [-0.2, 0) is 4.79 Å². The molecule has 0 atom stereocenters. The molecule has 0 radical (unpaired) electrons. The number of carboxylic acids is 1. The Labute approximate surface area is 74.0 Å². The first-order chi connectivity index (χ1) is 6.15. The quantitative estimate of drug-likeness (QED) is 0.295. The zero-order valence-electron chi connectivity index (χ0n) is 6.64. The Morgan fingerprint density at radius 3 is 2.31 bits per heavy atom. The van der Waals surface area contributed by atoms with E-state index in [1.54, 1.807) is 0 Å². The van der Waals surface area contributed by atoms with Crippen molar-refractivity contribution in [2.45, 2.75) is 0 Å². The average Bonchev–Trinajstić information content (AvgIpc) is 2.09. The number of hydrogen-bond donors (Lipinski definition) is 2. The second-order valence-electron chi connectivity index (χ2n) is 2.38. The van der Waals surface area contributed by atoms with Gasteiger partial charge in [-0.1, -0.05) is 0 Å². The summed E-state index contributed by atoms with van der Waals surface area (Å²) in [6.07, 6.45) is 0. The molecule has 0 heterocycles. The molecule has 1 rings (SSSR count). The molecule has 0 saturated carbocycles. The molecule has 0 aliphatic carbocycles. The van der Waals surface area contributed by atoms with Crippen LogP contribution in [0.5, 0.6) is 0 Å². The zero-order chi connectivity index (χ0) is 9.84. The highest BCUT2D eigenvalue weighted by Gasteiger charge is 2.20. The molecule has 0 spiro atoms. The Balaban J connectivity index is 3.15. The van der Waals surface area contributed by atoms with Gasteiger partial charge in [-0.3, -0.25) is 0 Å². The summed E-state index contributed by atoms with van der Waals surface area (Å²) in [6.45, 7) is 0. The molecule has 1 aromatic carbocycles. The lowest BCUT2D eigenvalue weighted by molar-refractivity contribution is -0.133. The van der Waals surface area contributed by atoms with Crippen molar-refractivity contribution >= 4 is 17.4 Å². The van der Waals surface area contributed by atoms with E-state index in [9.17, 15) is 4.79 Å². The summed E-state index contributed by atoms with van der Waals surface area (Å²) in [7, 11) is 0. The molecule has 0 unspecified atom stereocenters. The van der Waals surface area contributed by atoms with Crippen LogP contribution in [0, 0.1) is 0 Å². The SMILES string of the molecule is [N-]=[N+]=C(C(=O)O)c1ccc(N)cc1. The summed E-state index contributed by atoms with van der Waals surface area (Å²) in [4.78, 5) is 13.2. The van der Waals surface area contributed by atoms with Crippen LogP contribution < -0.4 is 5.73 Å². The first kappa shape index (κ1) is 8.96. The number of benzene rings is 1. The molecule has 0 aliphatic rings. The van der Waals surface area contributed by atoms with E-state index >= 15 is 0 Å². The lowest BCUT2D eigenvalue weighted by Gasteiger charge is -1.93. The molecule has 5 heteroatoms. The molecule has 1 aromatic rings. The Bertz CT molecular complexity index is 377. The Morgan fingerprint density at radius 2 is 1.92 bits per heavy atom. The fourth-order valence-electron chi connectivity index (χ4n) is 0.865. The summed E-state index contributed by atoms with van der Waals surface area (Å²) >= 11 is 0. The third-order valence-electron chi connectivity index (χ3n) is 1.49. The first-order valence-electron chi connectivity index (χ1n) is 3.46. The van der Waals surface area contributed by atoms with Crippen LogP contribution in [0.25, 0.3) is 5.53 Å². The minimum absolute atomic E-state index is 0.309. The van der Waals surface area contributed by atoms with E-state index in [4.69, 9.17) is 16.4 Å². The molecule has 66 valence electrons. The molecule has 0 aromatic heterocycles. The topological polar surface area (TPSA) is 99.7 Å². The van der Waals surface area contributed by atoms with Crippen molar-refractivity contribution in [3.8, 4) is 0 Å². The van der Waals surface area contributed by atoms with E-state index in [0.29, 0.717) is 11.3 Å². The maximum absolute atomic E-state index is 10.5. The van der Waals surface area contributed by atoms with Crippen molar-refractivity contribution in [3.05, 3.63) is 35.4 Å². The fraction of sp³-hybridized carbons (Fsp3) is 0. The average molecular weight is 177 g/mol. The van der Waals surface area contributed by atoms with Crippen LogP contribution in [0.3, 0.4) is 0 Å². The van der Waals surface area contributed by atoms with Crippen molar-refractivity contribution in [3.63, 3.8) is 0 Å². The number of nitrogen functional groups attached to an aromatic ring is 1. The van der Waals surface area contributed by atoms with E-state index in [2.05, 4.69) is 4.79 Å². The van der Waals surface area contributed by atoms with Crippen molar-refractivity contribution in [1.82, 2.24) is 0 Å². The van der Waals surface area contributed by atoms with Crippen LogP contribution >= 0.6 is 0 Å². The number of hydrogen-bond acceptors (Lipinski definition) is 2. The predicted molar refractivity (Wildman–Crippen MR) is 46.2 cm³/mol. The highest BCUT2D eigenvalue weighted by Crippen LogP contribution is 2.05. The smallest absolute Gasteiger partial charge is 0.419 e. The molecular weight excluding hydrogens is 170 g/mol. The predicted octanol–water partition coefficient (Wildman–Crippen LogP) is 0.372. The molecule has 5 nitrogen and oxygen atoms in total. The molecule has 0 bridgehead atoms. The Kier molecular flexibility index (Phi) is 2.42. The van der Waals surface area contributed by atoms with Gasteiger partial charge >= 0.3 is 11.7 Å². The number of carbonyl (C=O) groups is 1. The number of carboxylic acid groups (broad SMARTS) is 1. The van der Waals surface area contributed by atoms with E-state index in [1.165, 1.54) is 24.3 Å². The number of aliphatic carboxylic acids is 1. The first-order valence-corrected chi connectivity index (χ1v) is 3.46. The summed E-state index contributed by atoms with van der Waals surface area (Å²) in [5.74, 6) is -1.28. The van der Waals surface area contributed by atoms with Gasteiger partial charge in [0, 0.05) is 5.69 Å². The van der Waals surface area contributed by atoms with E-state index in [1.807, 2.05) is 0 Å².